The van der Waals surface area contributed by atoms with Crippen LogP contribution in [0.15, 0.2) is 12.1 Å². The summed E-state index contributed by atoms with van der Waals surface area (Å²) in [7, 11) is 2.01. The lowest BCUT2D eigenvalue weighted by Crippen LogP contribution is -2.31. The topological polar surface area (TPSA) is 32.3 Å². The lowest BCUT2D eigenvalue weighted by molar-refractivity contribution is -0.117. The predicted octanol–water partition coefficient (Wildman–Crippen LogP) is 2.23. The SMILES string of the molecule is CCC(CNC)c1cc2c3c(c1)CC(=O)N3CCC2. The molecular formula is C16H22N2O. The van der Waals surface area contributed by atoms with Gasteiger partial charge in [0.25, 0.3) is 0 Å². The van der Waals surface area contributed by atoms with Gasteiger partial charge >= 0.3 is 0 Å². The van der Waals surface area contributed by atoms with E-state index in [4.69, 9.17) is 0 Å². The summed E-state index contributed by atoms with van der Waals surface area (Å²) in [6, 6.07) is 4.61. The zero-order valence-electron chi connectivity index (χ0n) is 11.8. The number of carbonyl (C=O) groups is 1. The van der Waals surface area contributed by atoms with Crippen LogP contribution in [0.1, 0.15) is 42.4 Å². The fraction of sp³-hybridized carbons (Fsp3) is 0.562. The van der Waals surface area contributed by atoms with E-state index < -0.39 is 0 Å². The van der Waals surface area contributed by atoms with Gasteiger partial charge in [-0.1, -0.05) is 19.1 Å². The average Bonchev–Trinajstić information content (AvgIpc) is 2.74. The normalized spacial score (nSPS) is 18.6. The van der Waals surface area contributed by atoms with E-state index in [0.717, 1.165) is 32.4 Å². The number of hydrogen-bond donors (Lipinski definition) is 1. The van der Waals surface area contributed by atoms with Gasteiger partial charge in [-0.25, -0.2) is 0 Å². The first-order valence-electron chi connectivity index (χ1n) is 7.35. The molecule has 19 heavy (non-hydrogen) atoms. The third-order valence-corrected chi connectivity index (χ3v) is 4.45. The van der Waals surface area contributed by atoms with Gasteiger partial charge in [0, 0.05) is 13.1 Å². The fourth-order valence-electron chi connectivity index (χ4n) is 3.49. The molecule has 0 aromatic heterocycles. The Kier molecular flexibility index (Phi) is 3.31. The Bertz CT molecular complexity index is 510. The smallest absolute Gasteiger partial charge is 0.231 e. The molecule has 3 rings (SSSR count). The highest BCUT2D eigenvalue weighted by atomic mass is 16.2. The zero-order chi connectivity index (χ0) is 13.4. The Labute approximate surface area is 115 Å². The molecule has 0 radical (unpaired) electrons. The van der Waals surface area contributed by atoms with Gasteiger partial charge in [0.1, 0.15) is 0 Å². The fourth-order valence-corrected chi connectivity index (χ4v) is 3.49. The van der Waals surface area contributed by atoms with Crippen LogP contribution in [-0.4, -0.2) is 26.0 Å². The molecular weight excluding hydrogens is 236 g/mol. The van der Waals surface area contributed by atoms with Gasteiger partial charge in [-0.3, -0.25) is 4.79 Å². The van der Waals surface area contributed by atoms with Crippen molar-refractivity contribution in [3.63, 3.8) is 0 Å². The van der Waals surface area contributed by atoms with Crippen molar-refractivity contribution in [1.29, 1.82) is 0 Å². The Morgan fingerprint density at radius 1 is 1.37 bits per heavy atom. The van der Waals surface area contributed by atoms with E-state index in [2.05, 4.69) is 24.4 Å². The van der Waals surface area contributed by atoms with Crippen molar-refractivity contribution < 1.29 is 4.79 Å². The molecule has 2 heterocycles. The van der Waals surface area contributed by atoms with Crippen LogP contribution in [0.3, 0.4) is 0 Å². The molecule has 1 unspecified atom stereocenters. The maximum Gasteiger partial charge on any atom is 0.231 e. The maximum absolute atomic E-state index is 12.0. The van der Waals surface area contributed by atoms with Crippen LogP contribution in [0.2, 0.25) is 0 Å². The monoisotopic (exact) mass is 258 g/mol. The molecule has 0 saturated carbocycles. The molecule has 1 aromatic carbocycles. The highest BCUT2D eigenvalue weighted by Crippen LogP contribution is 2.39. The summed E-state index contributed by atoms with van der Waals surface area (Å²) in [5.74, 6) is 0.840. The minimum absolute atomic E-state index is 0.287. The molecule has 102 valence electrons. The molecule has 2 aliphatic heterocycles. The number of hydrogen-bond acceptors (Lipinski definition) is 2. The van der Waals surface area contributed by atoms with Crippen LogP contribution in [-0.2, 0) is 17.6 Å². The number of anilines is 1. The third-order valence-electron chi connectivity index (χ3n) is 4.45. The quantitative estimate of drug-likeness (QED) is 0.898. The van der Waals surface area contributed by atoms with Crippen molar-refractivity contribution in [3.8, 4) is 0 Å². The second kappa shape index (κ2) is 4.97. The predicted molar refractivity (Wildman–Crippen MR) is 77.8 cm³/mol. The summed E-state index contributed by atoms with van der Waals surface area (Å²) in [4.78, 5) is 14.0. The second-order valence-electron chi connectivity index (χ2n) is 5.68. The Morgan fingerprint density at radius 2 is 2.16 bits per heavy atom. The molecule has 0 saturated heterocycles. The van der Waals surface area contributed by atoms with E-state index in [1.54, 1.807) is 0 Å². The first-order valence-corrected chi connectivity index (χ1v) is 7.35. The summed E-state index contributed by atoms with van der Waals surface area (Å²) in [6.45, 7) is 4.15. The lowest BCUT2D eigenvalue weighted by Gasteiger charge is -2.27. The maximum atomic E-state index is 12.0. The molecule has 0 bridgehead atoms. The van der Waals surface area contributed by atoms with Gasteiger partial charge in [0.2, 0.25) is 5.91 Å². The van der Waals surface area contributed by atoms with Crippen molar-refractivity contribution in [2.24, 2.45) is 0 Å². The molecule has 0 spiro atoms. The van der Waals surface area contributed by atoms with Crippen molar-refractivity contribution in [2.45, 2.75) is 38.5 Å². The van der Waals surface area contributed by atoms with Crippen LogP contribution in [0, 0.1) is 0 Å². The van der Waals surface area contributed by atoms with E-state index in [9.17, 15) is 4.79 Å². The van der Waals surface area contributed by atoms with Crippen LogP contribution < -0.4 is 10.2 Å². The van der Waals surface area contributed by atoms with E-state index in [1.807, 2.05) is 11.9 Å². The van der Waals surface area contributed by atoms with Crippen LogP contribution >= 0.6 is 0 Å². The zero-order valence-corrected chi connectivity index (χ0v) is 11.8. The van der Waals surface area contributed by atoms with E-state index in [1.165, 1.54) is 22.4 Å². The number of carbonyl (C=O) groups excluding carboxylic acids is 1. The Hall–Kier alpha value is -1.35. The van der Waals surface area contributed by atoms with Gasteiger partial charge in [-0.05, 0) is 48.9 Å². The molecule has 3 nitrogen and oxygen atoms in total. The first kappa shape index (κ1) is 12.7. The molecule has 1 atom stereocenters. The van der Waals surface area contributed by atoms with Gasteiger partial charge in [0.15, 0.2) is 0 Å². The number of rotatable bonds is 4. The van der Waals surface area contributed by atoms with Crippen molar-refractivity contribution in [3.05, 3.63) is 28.8 Å². The van der Waals surface area contributed by atoms with Crippen LogP contribution in [0.4, 0.5) is 5.69 Å². The molecule has 1 amide bonds. The molecule has 0 fully saturated rings. The van der Waals surface area contributed by atoms with E-state index in [0.29, 0.717) is 12.3 Å². The summed E-state index contributed by atoms with van der Waals surface area (Å²) < 4.78 is 0. The lowest BCUT2D eigenvalue weighted by atomic mass is 9.89. The summed E-state index contributed by atoms with van der Waals surface area (Å²) in [5.41, 5.74) is 5.28. The van der Waals surface area contributed by atoms with Crippen LogP contribution in [0.25, 0.3) is 0 Å². The number of nitrogens with one attached hydrogen (secondary N) is 1. The highest BCUT2D eigenvalue weighted by molar-refractivity contribution is 6.02. The number of amides is 1. The van der Waals surface area contributed by atoms with Crippen LogP contribution in [0.5, 0.6) is 0 Å². The van der Waals surface area contributed by atoms with Gasteiger partial charge in [-0.15, -0.1) is 0 Å². The number of nitrogens with zero attached hydrogens (tertiary/aromatic N) is 1. The molecule has 2 aliphatic rings. The number of likely N-dealkylation sites (N-methyl/N-ethyl adjacent to an activating group) is 1. The van der Waals surface area contributed by atoms with Gasteiger partial charge < -0.3 is 10.2 Å². The van der Waals surface area contributed by atoms with Crippen molar-refractivity contribution in [2.75, 3.05) is 25.0 Å². The molecule has 1 N–H and O–H groups in total. The van der Waals surface area contributed by atoms with E-state index >= 15 is 0 Å². The summed E-state index contributed by atoms with van der Waals surface area (Å²) >= 11 is 0. The second-order valence-corrected chi connectivity index (χ2v) is 5.68. The first-order chi connectivity index (χ1) is 9.24. The number of aryl methyl sites for hydroxylation is 1. The van der Waals surface area contributed by atoms with Crippen molar-refractivity contribution in [1.82, 2.24) is 5.32 Å². The standard InChI is InChI=1S/C16H22N2O/c1-3-11(10-17-2)13-7-12-5-4-6-18-15(19)9-14(8-13)16(12)18/h7-8,11,17H,3-6,9-10H2,1-2H3. The molecule has 1 aromatic rings. The number of benzene rings is 1. The minimum atomic E-state index is 0.287. The Balaban J connectivity index is 2.03. The van der Waals surface area contributed by atoms with E-state index in [-0.39, 0.29) is 5.91 Å². The van der Waals surface area contributed by atoms with Gasteiger partial charge in [0.05, 0.1) is 12.1 Å². The minimum Gasteiger partial charge on any atom is -0.319 e. The third kappa shape index (κ3) is 2.06. The highest BCUT2D eigenvalue weighted by Gasteiger charge is 2.32. The Morgan fingerprint density at radius 3 is 2.89 bits per heavy atom. The van der Waals surface area contributed by atoms with Crippen molar-refractivity contribution >= 4 is 11.6 Å². The van der Waals surface area contributed by atoms with Gasteiger partial charge in [-0.2, -0.15) is 0 Å². The largest absolute Gasteiger partial charge is 0.319 e. The summed E-state index contributed by atoms with van der Waals surface area (Å²) in [5, 5.41) is 3.28. The molecule has 3 heteroatoms. The average molecular weight is 258 g/mol. The molecule has 0 aliphatic carbocycles. The summed E-state index contributed by atoms with van der Waals surface area (Å²) in [6.07, 6.45) is 3.96.